The Morgan fingerprint density at radius 1 is 0.788 bits per heavy atom. The van der Waals surface area contributed by atoms with E-state index < -0.39 is 35.4 Å². The fourth-order valence-electron chi connectivity index (χ4n) is 3.79. The van der Waals surface area contributed by atoms with Gasteiger partial charge in [0.1, 0.15) is 0 Å². The molecular formula is C25H20F6O2. The van der Waals surface area contributed by atoms with Gasteiger partial charge in [-0.15, -0.1) is 0 Å². The first-order valence-corrected chi connectivity index (χ1v) is 10.1. The van der Waals surface area contributed by atoms with Gasteiger partial charge in [0.2, 0.25) is 0 Å². The van der Waals surface area contributed by atoms with Gasteiger partial charge in [-0.1, -0.05) is 55.8 Å². The summed E-state index contributed by atoms with van der Waals surface area (Å²) in [5.74, 6) is -2.02. The molecule has 0 aliphatic rings. The maximum absolute atomic E-state index is 13.0. The summed E-state index contributed by atoms with van der Waals surface area (Å²) >= 11 is 0. The SMILES string of the molecule is CCCC(C(=O)O)c1cccc(-c2ccc(C(F)(F)F)cc2)c1-c1ccc(C(F)(F)F)cc1. The first-order valence-electron chi connectivity index (χ1n) is 10.1. The Bertz CT molecular complexity index is 1110. The van der Waals surface area contributed by atoms with E-state index in [9.17, 15) is 36.2 Å². The van der Waals surface area contributed by atoms with Gasteiger partial charge in [0.25, 0.3) is 0 Å². The van der Waals surface area contributed by atoms with Crippen molar-refractivity contribution in [2.24, 2.45) is 0 Å². The van der Waals surface area contributed by atoms with Crippen molar-refractivity contribution in [2.75, 3.05) is 0 Å². The second-order valence-electron chi connectivity index (χ2n) is 7.60. The Morgan fingerprint density at radius 2 is 1.27 bits per heavy atom. The molecule has 8 heteroatoms. The first-order chi connectivity index (χ1) is 15.4. The average Bonchev–Trinajstić information content (AvgIpc) is 2.76. The van der Waals surface area contributed by atoms with Gasteiger partial charge in [0.15, 0.2) is 0 Å². The molecule has 0 bridgehead atoms. The number of carboxylic acid groups (broad SMARTS) is 1. The van der Waals surface area contributed by atoms with Crippen LogP contribution in [-0.2, 0) is 17.1 Å². The average molecular weight is 466 g/mol. The van der Waals surface area contributed by atoms with Crippen LogP contribution in [-0.4, -0.2) is 11.1 Å². The highest BCUT2D eigenvalue weighted by Gasteiger charge is 2.32. The minimum absolute atomic E-state index is 0.291. The van der Waals surface area contributed by atoms with Crippen LogP contribution in [0.15, 0.2) is 66.7 Å². The van der Waals surface area contributed by atoms with Crippen LogP contribution >= 0.6 is 0 Å². The molecule has 3 aromatic rings. The lowest BCUT2D eigenvalue weighted by molar-refractivity contribution is -0.139. The number of alkyl halides is 6. The quantitative estimate of drug-likeness (QED) is 0.374. The predicted octanol–water partition coefficient (Wildman–Crippen LogP) is 8.03. The molecule has 1 atom stereocenters. The first kappa shape index (κ1) is 24.4. The van der Waals surface area contributed by atoms with Crippen molar-refractivity contribution in [3.05, 3.63) is 83.4 Å². The Hall–Kier alpha value is -3.29. The third-order valence-electron chi connectivity index (χ3n) is 5.37. The molecule has 0 aliphatic carbocycles. The number of aliphatic carboxylic acids is 1. The van der Waals surface area contributed by atoms with Gasteiger partial charge in [-0.3, -0.25) is 4.79 Å². The number of carbonyl (C=O) groups is 1. The van der Waals surface area contributed by atoms with Crippen LogP contribution in [0.4, 0.5) is 26.3 Å². The number of benzene rings is 3. The van der Waals surface area contributed by atoms with Gasteiger partial charge in [0, 0.05) is 0 Å². The van der Waals surface area contributed by atoms with Gasteiger partial charge in [0.05, 0.1) is 17.0 Å². The highest BCUT2D eigenvalue weighted by Crippen LogP contribution is 2.41. The van der Waals surface area contributed by atoms with Gasteiger partial charge in [-0.25, -0.2) is 0 Å². The van der Waals surface area contributed by atoms with E-state index in [4.69, 9.17) is 0 Å². The zero-order valence-corrected chi connectivity index (χ0v) is 17.5. The minimum Gasteiger partial charge on any atom is -0.481 e. The van der Waals surface area contributed by atoms with Crippen LogP contribution in [0.2, 0.25) is 0 Å². The molecule has 33 heavy (non-hydrogen) atoms. The van der Waals surface area contributed by atoms with E-state index in [1.54, 1.807) is 18.2 Å². The highest BCUT2D eigenvalue weighted by atomic mass is 19.4. The molecule has 3 rings (SSSR count). The second kappa shape index (κ2) is 9.29. The summed E-state index contributed by atoms with van der Waals surface area (Å²) in [5, 5.41) is 9.79. The molecule has 1 N–H and O–H groups in total. The molecule has 0 aromatic heterocycles. The van der Waals surface area contributed by atoms with Gasteiger partial charge in [-0.2, -0.15) is 26.3 Å². The van der Waals surface area contributed by atoms with Gasteiger partial charge in [-0.05, 0) is 58.5 Å². The largest absolute Gasteiger partial charge is 0.481 e. The van der Waals surface area contributed by atoms with Crippen molar-refractivity contribution in [1.29, 1.82) is 0 Å². The number of hydrogen-bond donors (Lipinski definition) is 1. The summed E-state index contributed by atoms with van der Waals surface area (Å²) in [6.45, 7) is 1.81. The molecule has 0 saturated heterocycles. The van der Waals surface area contributed by atoms with E-state index in [1.165, 1.54) is 24.3 Å². The molecule has 0 spiro atoms. The van der Waals surface area contributed by atoms with Crippen LogP contribution in [0.3, 0.4) is 0 Å². The molecule has 174 valence electrons. The molecule has 1 unspecified atom stereocenters. The molecule has 0 heterocycles. The van der Waals surface area contributed by atoms with Crippen LogP contribution in [0.5, 0.6) is 0 Å². The maximum atomic E-state index is 13.0. The number of halogens is 6. The van der Waals surface area contributed by atoms with Crippen molar-refractivity contribution in [1.82, 2.24) is 0 Å². The third kappa shape index (κ3) is 5.38. The molecular weight excluding hydrogens is 446 g/mol. The third-order valence-corrected chi connectivity index (χ3v) is 5.37. The highest BCUT2D eigenvalue weighted by molar-refractivity contribution is 5.90. The van der Waals surface area contributed by atoms with Crippen molar-refractivity contribution >= 4 is 5.97 Å². The van der Waals surface area contributed by atoms with E-state index in [0.29, 0.717) is 40.7 Å². The number of carboxylic acids is 1. The molecule has 0 amide bonds. The number of rotatable bonds is 6. The van der Waals surface area contributed by atoms with Gasteiger partial charge < -0.3 is 5.11 Å². The van der Waals surface area contributed by atoms with Crippen molar-refractivity contribution in [2.45, 2.75) is 38.0 Å². The number of hydrogen-bond acceptors (Lipinski definition) is 1. The van der Waals surface area contributed by atoms with E-state index >= 15 is 0 Å². The Labute approximate surface area is 186 Å². The Morgan fingerprint density at radius 3 is 1.70 bits per heavy atom. The van der Waals surface area contributed by atoms with E-state index in [-0.39, 0.29) is 0 Å². The van der Waals surface area contributed by atoms with E-state index in [0.717, 1.165) is 24.3 Å². The topological polar surface area (TPSA) is 37.3 Å². The van der Waals surface area contributed by atoms with Crippen LogP contribution in [0.1, 0.15) is 42.4 Å². The lowest BCUT2D eigenvalue weighted by Crippen LogP contribution is -2.13. The van der Waals surface area contributed by atoms with Gasteiger partial charge >= 0.3 is 18.3 Å². The van der Waals surface area contributed by atoms with E-state index in [2.05, 4.69) is 0 Å². The van der Waals surface area contributed by atoms with Crippen LogP contribution in [0, 0.1) is 0 Å². The lowest BCUT2D eigenvalue weighted by atomic mass is 9.83. The zero-order valence-electron chi connectivity index (χ0n) is 17.5. The molecule has 0 aliphatic heterocycles. The Kier molecular flexibility index (Phi) is 6.86. The summed E-state index contributed by atoms with van der Waals surface area (Å²) in [6, 6.07) is 13.5. The van der Waals surface area contributed by atoms with Crippen molar-refractivity contribution in [3.8, 4) is 22.3 Å². The smallest absolute Gasteiger partial charge is 0.416 e. The van der Waals surface area contributed by atoms with E-state index in [1.807, 2.05) is 6.92 Å². The summed E-state index contributed by atoms with van der Waals surface area (Å²) in [6.07, 6.45) is -8.22. The molecule has 3 aromatic carbocycles. The summed E-state index contributed by atoms with van der Waals surface area (Å²) < 4.78 is 78.1. The molecule has 0 saturated carbocycles. The normalized spacial score (nSPS) is 13.1. The summed E-state index contributed by atoms with van der Waals surface area (Å²) in [7, 11) is 0. The second-order valence-corrected chi connectivity index (χ2v) is 7.60. The predicted molar refractivity (Wildman–Crippen MR) is 113 cm³/mol. The molecule has 2 nitrogen and oxygen atoms in total. The van der Waals surface area contributed by atoms with Crippen LogP contribution in [0.25, 0.3) is 22.3 Å². The fraction of sp³-hybridized carbons (Fsp3) is 0.240. The summed E-state index contributed by atoms with van der Waals surface area (Å²) in [4.78, 5) is 12.0. The lowest BCUT2D eigenvalue weighted by Gasteiger charge is -2.21. The zero-order chi connectivity index (χ0) is 24.4. The standard InChI is InChI=1S/C25H20F6O2/c1-2-4-21(23(32)33)20-6-3-5-19(15-7-11-17(12-8-15)24(26,27)28)22(20)16-9-13-18(14-10-16)25(29,30)31/h3,5-14,21H,2,4H2,1H3,(H,32,33). The van der Waals surface area contributed by atoms with Crippen LogP contribution < -0.4 is 0 Å². The minimum atomic E-state index is -4.54. The maximum Gasteiger partial charge on any atom is 0.416 e. The summed E-state index contributed by atoms with van der Waals surface area (Å²) in [5.41, 5.74) is 0.240. The molecule has 0 radical (unpaired) electrons. The van der Waals surface area contributed by atoms with Crippen molar-refractivity contribution < 1.29 is 36.2 Å². The molecule has 0 fully saturated rings. The fourth-order valence-corrected chi connectivity index (χ4v) is 3.79. The van der Waals surface area contributed by atoms with Crippen molar-refractivity contribution in [3.63, 3.8) is 0 Å². The Balaban J connectivity index is 2.24. The monoisotopic (exact) mass is 466 g/mol.